The summed E-state index contributed by atoms with van der Waals surface area (Å²) in [6.07, 6.45) is 2.14. The molecule has 3 rings (SSSR count). The van der Waals surface area contributed by atoms with Gasteiger partial charge in [0.25, 0.3) is 0 Å². The first-order valence-corrected chi connectivity index (χ1v) is 9.43. The molecule has 0 radical (unpaired) electrons. The molecule has 1 aliphatic rings. The maximum atomic E-state index is 10.8. The van der Waals surface area contributed by atoms with E-state index in [2.05, 4.69) is 20.6 Å². The Morgan fingerprint density at radius 2 is 2.08 bits per heavy atom. The molecule has 1 aliphatic heterocycles. The Labute approximate surface area is 147 Å². The number of piperidine rings is 1. The van der Waals surface area contributed by atoms with Crippen LogP contribution in [0.25, 0.3) is 0 Å². The van der Waals surface area contributed by atoms with E-state index >= 15 is 0 Å². The zero-order valence-corrected chi connectivity index (χ0v) is 15.7. The van der Waals surface area contributed by atoms with Crippen LogP contribution in [0, 0.1) is 20.8 Å². The Morgan fingerprint density at radius 1 is 1.38 bits per heavy atom. The molecule has 1 atom stereocenters. The Balaban J connectivity index is 1.52. The second-order valence-electron chi connectivity index (χ2n) is 7.01. The van der Waals surface area contributed by atoms with Crippen molar-refractivity contribution in [3.63, 3.8) is 0 Å². The van der Waals surface area contributed by atoms with Gasteiger partial charge in [0.2, 0.25) is 0 Å². The van der Waals surface area contributed by atoms with Crippen LogP contribution in [0.4, 0.5) is 5.13 Å². The number of furan rings is 1. The quantitative estimate of drug-likeness (QED) is 0.868. The lowest BCUT2D eigenvalue weighted by Crippen LogP contribution is -2.46. The molecule has 0 bridgehead atoms. The summed E-state index contributed by atoms with van der Waals surface area (Å²) >= 11 is 1.72. The van der Waals surface area contributed by atoms with Gasteiger partial charge in [-0.15, -0.1) is 11.3 Å². The summed E-state index contributed by atoms with van der Waals surface area (Å²) in [5.41, 5.74) is 1.06. The molecule has 2 N–H and O–H groups in total. The Kier molecular flexibility index (Phi) is 4.99. The van der Waals surface area contributed by atoms with Crippen molar-refractivity contribution in [2.75, 3.05) is 24.5 Å². The number of hydrogen-bond donors (Lipinski definition) is 2. The SMILES string of the molecule is Cc1csc(N2CCC(NCC(C)(O)c3cc(C)oc3C)CC2)n1. The summed E-state index contributed by atoms with van der Waals surface area (Å²) in [7, 11) is 0. The third-order valence-electron chi connectivity index (χ3n) is 4.73. The summed E-state index contributed by atoms with van der Waals surface area (Å²) in [5, 5.41) is 17.6. The molecule has 0 spiro atoms. The van der Waals surface area contributed by atoms with E-state index in [4.69, 9.17) is 4.42 Å². The summed E-state index contributed by atoms with van der Waals surface area (Å²) < 4.78 is 5.56. The van der Waals surface area contributed by atoms with Crippen LogP contribution >= 0.6 is 11.3 Å². The number of anilines is 1. The van der Waals surface area contributed by atoms with Gasteiger partial charge in [-0.1, -0.05) is 0 Å². The lowest BCUT2D eigenvalue weighted by Gasteiger charge is -2.34. The van der Waals surface area contributed by atoms with Gasteiger partial charge in [-0.3, -0.25) is 0 Å². The zero-order chi connectivity index (χ0) is 17.3. The molecule has 1 fully saturated rings. The van der Waals surface area contributed by atoms with E-state index in [0.29, 0.717) is 12.6 Å². The highest BCUT2D eigenvalue weighted by Crippen LogP contribution is 2.27. The fourth-order valence-corrected chi connectivity index (χ4v) is 4.22. The largest absolute Gasteiger partial charge is 0.466 e. The maximum Gasteiger partial charge on any atom is 0.185 e. The van der Waals surface area contributed by atoms with E-state index in [1.807, 2.05) is 33.8 Å². The standard InChI is InChI=1S/C18H27N3O2S/c1-12-10-24-17(20-12)21-7-5-15(6-8-21)19-11-18(4,22)16-9-13(2)23-14(16)3/h9-10,15,19,22H,5-8,11H2,1-4H3. The predicted octanol–water partition coefficient (Wildman–Crippen LogP) is 3.13. The molecule has 132 valence electrons. The van der Waals surface area contributed by atoms with Crippen LogP contribution in [0.1, 0.15) is 42.5 Å². The number of hydrogen-bond acceptors (Lipinski definition) is 6. The molecule has 0 saturated carbocycles. The minimum absolute atomic E-state index is 0.432. The molecule has 0 aromatic carbocycles. The normalized spacial score (nSPS) is 18.8. The first-order valence-electron chi connectivity index (χ1n) is 8.55. The number of nitrogens with zero attached hydrogens (tertiary/aromatic N) is 2. The van der Waals surface area contributed by atoms with E-state index in [-0.39, 0.29) is 0 Å². The minimum atomic E-state index is -0.911. The first-order chi connectivity index (χ1) is 11.3. The van der Waals surface area contributed by atoms with E-state index in [9.17, 15) is 5.11 Å². The molecule has 6 heteroatoms. The average molecular weight is 350 g/mol. The van der Waals surface area contributed by atoms with Crippen molar-refractivity contribution in [3.05, 3.63) is 34.2 Å². The van der Waals surface area contributed by atoms with Gasteiger partial charge in [0.15, 0.2) is 5.13 Å². The first kappa shape index (κ1) is 17.5. The van der Waals surface area contributed by atoms with Gasteiger partial charge in [-0.2, -0.15) is 0 Å². The maximum absolute atomic E-state index is 10.8. The molecule has 1 saturated heterocycles. The number of thiazole rings is 1. The Morgan fingerprint density at radius 3 is 2.62 bits per heavy atom. The van der Waals surface area contributed by atoms with E-state index < -0.39 is 5.60 Å². The minimum Gasteiger partial charge on any atom is -0.466 e. The second-order valence-corrected chi connectivity index (χ2v) is 7.85. The molecule has 3 heterocycles. The zero-order valence-electron chi connectivity index (χ0n) is 14.9. The topological polar surface area (TPSA) is 61.5 Å². The van der Waals surface area contributed by atoms with Gasteiger partial charge >= 0.3 is 0 Å². The summed E-state index contributed by atoms with van der Waals surface area (Å²) in [6.45, 7) is 10.3. The molecular formula is C18H27N3O2S. The molecule has 0 amide bonds. The molecule has 0 aliphatic carbocycles. The van der Waals surface area contributed by atoms with Crippen LogP contribution in [0.5, 0.6) is 0 Å². The smallest absolute Gasteiger partial charge is 0.185 e. The highest BCUT2D eigenvalue weighted by Gasteiger charge is 2.29. The van der Waals surface area contributed by atoms with Crippen molar-refractivity contribution in [2.45, 2.75) is 52.2 Å². The van der Waals surface area contributed by atoms with Crippen LogP contribution in [0.15, 0.2) is 15.9 Å². The summed E-state index contributed by atoms with van der Waals surface area (Å²) in [4.78, 5) is 6.93. The van der Waals surface area contributed by atoms with E-state index in [1.54, 1.807) is 11.3 Å². The Hall–Kier alpha value is -1.37. The molecule has 5 nitrogen and oxygen atoms in total. The van der Waals surface area contributed by atoms with Crippen molar-refractivity contribution in [1.29, 1.82) is 0 Å². The predicted molar refractivity (Wildman–Crippen MR) is 97.8 cm³/mol. The lowest BCUT2D eigenvalue weighted by molar-refractivity contribution is 0.0513. The molecule has 2 aromatic rings. The third kappa shape index (κ3) is 3.82. The number of rotatable bonds is 5. The van der Waals surface area contributed by atoms with Gasteiger partial charge in [-0.05, 0) is 46.6 Å². The van der Waals surface area contributed by atoms with E-state index in [1.165, 1.54) is 0 Å². The monoisotopic (exact) mass is 349 g/mol. The highest BCUT2D eigenvalue weighted by molar-refractivity contribution is 7.13. The van der Waals surface area contributed by atoms with E-state index in [0.717, 1.165) is 53.8 Å². The van der Waals surface area contributed by atoms with Gasteiger partial charge in [0.05, 0.1) is 5.69 Å². The molecular weight excluding hydrogens is 322 g/mol. The molecule has 24 heavy (non-hydrogen) atoms. The third-order valence-corrected chi connectivity index (χ3v) is 5.75. The van der Waals surface area contributed by atoms with Crippen LogP contribution in [-0.4, -0.2) is 35.8 Å². The van der Waals surface area contributed by atoms with Gasteiger partial charge < -0.3 is 19.7 Å². The number of nitrogens with one attached hydrogen (secondary N) is 1. The number of aliphatic hydroxyl groups is 1. The molecule has 1 unspecified atom stereocenters. The Bertz CT molecular complexity index is 684. The van der Waals surface area contributed by atoms with Gasteiger partial charge in [0, 0.05) is 36.6 Å². The average Bonchev–Trinajstić information content (AvgIpc) is 3.12. The number of aromatic nitrogens is 1. The molecule has 2 aromatic heterocycles. The van der Waals surface area contributed by atoms with Crippen LogP contribution in [-0.2, 0) is 5.60 Å². The van der Waals surface area contributed by atoms with Crippen molar-refractivity contribution >= 4 is 16.5 Å². The highest BCUT2D eigenvalue weighted by atomic mass is 32.1. The summed E-state index contributed by atoms with van der Waals surface area (Å²) in [5.74, 6) is 1.64. The van der Waals surface area contributed by atoms with Crippen LogP contribution in [0.2, 0.25) is 0 Å². The van der Waals surface area contributed by atoms with Crippen LogP contribution < -0.4 is 10.2 Å². The van der Waals surface area contributed by atoms with Crippen LogP contribution in [0.3, 0.4) is 0 Å². The second kappa shape index (κ2) is 6.86. The fraction of sp³-hybridized carbons (Fsp3) is 0.611. The van der Waals surface area contributed by atoms with Gasteiger partial charge in [-0.25, -0.2) is 4.98 Å². The lowest BCUT2D eigenvalue weighted by atomic mass is 9.95. The summed E-state index contributed by atoms with van der Waals surface area (Å²) in [6, 6.07) is 2.37. The van der Waals surface area contributed by atoms with Crippen molar-refractivity contribution < 1.29 is 9.52 Å². The number of aryl methyl sites for hydroxylation is 3. The fourth-order valence-electron chi connectivity index (χ4n) is 3.37. The van der Waals surface area contributed by atoms with Crippen molar-refractivity contribution in [3.8, 4) is 0 Å². The van der Waals surface area contributed by atoms with Crippen molar-refractivity contribution in [1.82, 2.24) is 10.3 Å². The van der Waals surface area contributed by atoms with Gasteiger partial charge in [0.1, 0.15) is 17.1 Å². The van der Waals surface area contributed by atoms with Crippen molar-refractivity contribution in [2.24, 2.45) is 0 Å².